The largest absolute Gasteiger partial charge is 0.444 e. The lowest BCUT2D eigenvalue weighted by Crippen LogP contribution is -2.42. The van der Waals surface area contributed by atoms with Gasteiger partial charge in [-0.05, 0) is 51.7 Å². The molecule has 0 bridgehead atoms. The van der Waals surface area contributed by atoms with E-state index in [0.717, 1.165) is 12.8 Å². The van der Waals surface area contributed by atoms with Gasteiger partial charge in [-0.2, -0.15) is 5.10 Å². The van der Waals surface area contributed by atoms with Gasteiger partial charge in [0.25, 0.3) is 0 Å². The van der Waals surface area contributed by atoms with Crippen molar-refractivity contribution in [3.05, 3.63) is 0 Å². The third-order valence-corrected chi connectivity index (χ3v) is 2.74. The van der Waals surface area contributed by atoms with Gasteiger partial charge >= 0.3 is 6.09 Å². The van der Waals surface area contributed by atoms with Gasteiger partial charge in [-0.1, -0.05) is 0 Å². The predicted molar refractivity (Wildman–Crippen MR) is 78.9 cm³/mol. The number of rotatable bonds is 2. The first-order valence-electron chi connectivity index (χ1n) is 6.34. The van der Waals surface area contributed by atoms with E-state index >= 15 is 0 Å². The van der Waals surface area contributed by atoms with Crippen LogP contribution in [0.3, 0.4) is 0 Å². The molecule has 1 rings (SSSR count). The summed E-state index contributed by atoms with van der Waals surface area (Å²) in [6, 6.07) is 0. The average Bonchev–Trinajstić information content (AvgIpc) is 2.27. The van der Waals surface area contributed by atoms with Gasteiger partial charge in [-0.15, -0.1) is 0 Å². The van der Waals surface area contributed by atoms with Crippen LogP contribution in [0.25, 0.3) is 0 Å². The number of hydrazone groups is 1. The van der Waals surface area contributed by atoms with Crippen LogP contribution in [-0.4, -0.2) is 41.0 Å². The Morgan fingerprint density at radius 2 is 2.05 bits per heavy atom. The third-order valence-electron chi connectivity index (χ3n) is 2.65. The fraction of sp³-hybridized carbons (Fsp3) is 0.750. The summed E-state index contributed by atoms with van der Waals surface area (Å²) in [6.07, 6.45) is 3.28. The smallest absolute Gasteiger partial charge is 0.410 e. The summed E-state index contributed by atoms with van der Waals surface area (Å²) in [5, 5.41) is 4.10. The van der Waals surface area contributed by atoms with Gasteiger partial charge in [0.15, 0.2) is 5.11 Å². The van der Waals surface area contributed by atoms with Crippen LogP contribution < -0.4 is 11.2 Å². The van der Waals surface area contributed by atoms with Crippen molar-refractivity contribution in [1.82, 2.24) is 10.3 Å². The summed E-state index contributed by atoms with van der Waals surface area (Å²) in [5.74, 6) is 0.334. The van der Waals surface area contributed by atoms with Gasteiger partial charge < -0.3 is 15.4 Å². The highest BCUT2D eigenvalue weighted by atomic mass is 32.1. The first kappa shape index (κ1) is 15.7. The Hall–Kier alpha value is -1.37. The number of nitrogens with two attached hydrogens (primary N) is 1. The van der Waals surface area contributed by atoms with E-state index in [-0.39, 0.29) is 11.2 Å². The minimum absolute atomic E-state index is 0.155. The maximum atomic E-state index is 11.8. The third kappa shape index (κ3) is 6.37. The SMILES string of the molecule is CC(C)(C)OC(=O)N1CCC(C=NNC(N)=S)CC1. The van der Waals surface area contributed by atoms with Crippen molar-refractivity contribution in [2.24, 2.45) is 16.8 Å². The summed E-state index contributed by atoms with van der Waals surface area (Å²) < 4.78 is 5.33. The molecule has 0 spiro atoms. The maximum absolute atomic E-state index is 11.8. The normalized spacial score (nSPS) is 17.5. The topological polar surface area (TPSA) is 80.0 Å². The minimum Gasteiger partial charge on any atom is -0.444 e. The summed E-state index contributed by atoms with van der Waals surface area (Å²) >= 11 is 4.65. The number of nitrogens with one attached hydrogen (secondary N) is 1. The Morgan fingerprint density at radius 3 is 2.53 bits per heavy atom. The van der Waals surface area contributed by atoms with Crippen LogP contribution in [-0.2, 0) is 4.74 Å². The van der Waals surface area contributed by atoms with Crippen LogP contribution in [0.15, 0.2) is 5.10 Å². The number of hydrogen-bond donors (Lipinski definition) is 2. The lowest BCUT2D eigenvalue weighted by atomic mass is 9.99. The number of ether oxygens (including phenoxy) is 1. The van der Waals surface area contributed by atoms with Crippen molar-refractivity contribution in [1.29, 1.82) is 0 Å². The van der Waals surface area contributed by atoms with Crippen LogP contribution in [0.5, 0.6) is 0 Å². The second-order valence-corrected chi connectivity index (χ2v) is 6.00. The Morgan fingerprint density at radius 1 is 1.47 bits per heavy atom. The molecule has 1 heterocycles. The number of thiocarbonyl (C=S) groups is 1. The number of carbonyl (C=O) groups excluding carboxylic acids is 1. The molecule has 19 heavy (non-hydrogen) atoms. The first-order chi connectivity index (χ1) is 8.78. The molecule has 0 aromatic heterocycles. The van der Waals surface area contributed by atoms with Crippen LogP contribution in [0.4, 0.5) is 4.79 Å². The molecule has 0 saturated carbocycles. The second kappa shape index (κ2) is 6.70. The van der Waals surface area contributed by atoms with E-state index in [4.69, 9.17) is 10.5 Å². The number of carbonyl (C=O) groups is 1. The van der Waals surface area contributed by atoms with Gasteiger partial charge in [0.1, 0.15) is 5.60 Å². The quantitative estimate of drug-likeness (QED) is 0.456. The number of piperidine rings is 1. The molecule has 0 aromatic rings. The van der Waals surface area contributed by atoms with Crippen LogP contribution in [0.1, 0.15) is 33.6 Å². The van der Waals surface area contributed by atoms with Crippen LogP contribution in [0, 0.1) is 5.92 Å². The van der Waals surface area contributed by atoms with E-state index in [1.54, 1.807) is 11.1 Å². The van der Waals surface area contributed by atoms with E-state index in [9.17, 15) is 4.79 Å². The van der Waals surface area contributed by atoms with Crippen molar-refractivity contribution >= 4 is 29.6 Å². The average molecular weight is 286 g/mol. The van der Waals surface area contributed by atoms with Crippen molar-refractivity contribution in [3.8, 4) is 0 Å². The van der Waals surface area contributed by atoms with Gasteiger partial charge in [0.05, 0.1) is 0 Å². The molecule has 1 amide bonds. The summed E-state index contributed by atoms with van der Waals surface area (Å²) in [4.78, 5) is 13.6. The maximum Gasteiger partial charge on any atom is 0.410 e. The molecular weight excluding hydrogens is 264 g/mol. The number of hydrogen-bond acceptors (Lipinski definition) is 4. The van der Waals surface area contributed by atoms with Crippen molar-refractivity contribution < 1.29 is 9.53 Å². The molecule has 3 N–H and O–H groups in total. The highest BCUT2D eigenvalue weighted by Crippen LogP contribution is 2.18. The van der Waals surface area contributed by atoms with Gasteiger partial charge in [0.2, 0.25) is 0 Å². The van der Waals surface area contributed by atoms with E-state index in [1.807, 2.05) is 20.8 Å². The molecule has 0 aromatic carbocycles. The lowest BCUT2D eigenvalue weighted by molar-refractivity contribution is 0.0203. The number of likely N-dealkylation sites (tertiary alicyclic amines) is 1. The summed E-state index contributed by atoms with van der Waals surface area (Å²) in [7, 11) is 0. The molecule has 0 unspecified atom stereocenters. The lowest BCUT2D eigenvalue weighted by Gasteiger charge is -2.32. The van der Waals surface area contributed by atoms with E-state index in [1.165, 1.54) is 0 Å². The fourth-order valence-electron chi connectivity index (χ4n) is 1.76. The first-order valence-corrected chi connectivity index (χ1v) is 6.75. The van der Waals surface area contributed by atoms with Crippen molar-refractivity contribution in [2.75, 3.05) is 13.1 Å². The monoisotopic (exact) mass is 286 g/mol. The van der Waals surface area contributed by atoms with E-state index in [0.29, 0.717) is 19.0 Å². The molecule has 1 fully saturated rings. The highest BCUT2D eigenvalue weighted by Gasteiger charge is 2.26. The molecule has 1 aliphatic rings. The Bertz CT molecular complexity index is 357. The molecule has 1 saturated heterocycles. The van der Waals surface area contributed by atoms with Gasteiger partial charge in [-0.3, -0.25) is 5.43 Å². The minimum atomic E-state index is -0.448. The Kier molecular flexibility index (Phi) is 5.53. The Balaban J connectivity index is 2.34. The zero-order valence-electron chi connectivity index (χ0n) is 11.7. The van der Waals surface area contributed by atoms with E-state index < -0.39 is 5.60 Å². The van der Waals surface area contributed by atoms with Gasteiger partial charge in [-0.25, -0.2) is 4.79 Å². The standard InChI is InChI=1S/C12H22N4O2S/c1-12(2,3)18-11(17)16-6-4-9(5-7-16)8-14-15-10(13)19/h8-9H,4-7H2,1-3H3,(H3,13,15,19). The van der Waals surface area contributed by atoms with E-state index in [2.05, 4.69) is 22.7 Å². The molecule has 0 radical (unpaired) electrons. The molecule has 6 nitrogen and oxygen atoms in total. The van der Waals surface area contributed by atoms with Gasteiger partial charge in [0, 0.05) is 19.3 Å². The Labute approximate surface area is 119 Å². The molecule has 0 atom stereocenters. The molecule has 1 aliphatic heterocycles. The summed E-state index contributed by atoms with van der Waals surface area (Å²) in [6.45, 7) is 6.96. The molecule has 0 aliphatic carbocycles. The second-order valence-electron chi connectivity index (χ2n) is 5.56. The zero-order valence-corrected chi connectivity index (χ0v) is 12.5. The molecule has 7 heteroatoms. The fourth-order valence-corrected chi connectivity index (χ4v) is 1.82. The molecule has 108 valence electrons. The number of nitrogens with zero attached hydrogens (tertiary/aromatic N) is 2. The molecular formula is C12H22N4O2S. The van der Waals surface area contributed by atoms with Crippen LogP contribution >= 0.6 is 12.2 Å². The highest BCUT2D eigenvalue weighted by molar-refractivity contribution is 7.80. The van der Waals surface area contributed by atoms with Crippen molar-refractivity contribution in [2.45, 2.75) is 39.2 Å². The van der Waals surface area contributed by atoms with Crippen LogP contribution in [0.2, 0.25) is 0 Å². The van der Waals surface area contributed by atoms with Crippen molar-refractivity contribution in [3.63, 3.8) is 0 Å². The summed E-state index contributed by atoms with van der Waals surface area (Å²) in [5.41, 5.74) is 7.35. The number of amides is 1. The predicted octanol–water partition coefficient (Wildman–Crippen LogP) is 1.45. The zero-order chi connectivity index (χ0) is 14.5.